The quantitative estimate of drug-likeness (QED) is 0.674. The Hall–Kier alpha value is -1.02. The smallest absolute Gasteiger partial charge is 0.115 e. The first-order valence-electron chi connectivity index (χ1n) is 4.05. The number of aliphatic hydroxyl groups excluding tert-OH is 1. The fourth-order valence-electron chi connectivity index (χ4n) is 1.23. The fourth-order valence-corrected chi connectivity index (χ4v) is 1.23. The van der Waals surface area contributed by atoms with Crippen molar-refractivity contribution in [3.05, 3.63) is 29.3 Å². The van der Waals surface area contributed by atoms with Crippen molar-refractivity contribution in [1.82, 2.24) is 0 Å². The third-order valence-corrected chi connectivity index (χ3v) is 2.20. The summed E-state index contributed by atoms with van der Waals surface area (Å²) in [5.74, 6) is 0. The van der Waals surface area contributed by atoms with E-state index in [9.17, 15) is 0 Å². The van der Waals surface area contributed by atoms with Crippen LogP contribution in [0.15, 0.2) is 18.2 Å². The Morgan fingerprint density at radius 3 is 2.58 bits per heavy atom. The van der Waals surface area contributed by atoms with Gasteiger partial charge in [-0.1, -0.05) is 12.1 Å². The monoisotopic (exact) mass is 165 g/mol. The molecule has 0 aliphatic rings. The van der Waals surface area contributed by atoms with Gasteiger partial charge in [0, 0.05) is 12.7 Å². The number of anilines is 1. The molecule has 0 aliphatic heterocycles. The highest BCUT2D eigenvalue weighted by atomic mass is 16.3. The van der Waals surface area contributed by atoms with Gasteiger partial charge in [-0.3, -0.25) is 0 Å². The van der Waals surface area contributed by atoms with Gasteiger partial charge >= 0.3 is 0 Å². The van der Waals surface area contributed by atoms with E-state index in [1.54, 1.807) is 0 Å². The lowest BCUT2D eigenvalue weighted by atomic mass is 10.1. The first kappa shape index (κ1) is 9.07. The number of nitrogens with zero attached hydrogens (tertiary/aromatic N) is 1. The van der Waals surface area contributed by atoms with Gasteiger partial charge in [-0.25, -0.2) is 0 Å². The van der Waals surface area contributed by atoms with Crippen LogP contribution >= 0.6 is 0 Å². The Labute approximate surface area is 73.4 Å². The fraction of sp³-hybridized carbons (Fsp3) is 0.400. The molecular weight excluding hydrogens is 150 g/mol. The molecule has 2 heteroatoms. The predicted octanol–water partition coefficient (Wildman–Crippen LogP) is 1.69. The molecule has 0 unspecified atom stereocenters. The summed E-state index contributed by atoms with van der Waals surface area (Å²) in [5.41, 5.74) is 3.58. The first-order valence-corrected chi connectivity index (χ1v) is 4.05. The molecule has 1 aromatic rings. The Bertz CT molecular complexity index is 271. The van der Waals surface area contributed by atoms with Gasteiger partial charge in [-0.05, 0) is 31.0 Å². The predicted molar refractivity (Wildman–Crippen MR) is 51.4 cm³/mol. The van der Waals surface area contributed by atoms with E-state index in [2.05, 4.69) is 19.9 Å². The molecule has 0 bridgehead atoms. The summed E-state index contributed by atoms with van der Waals surface area (Å²) < 4.78 is 0. The van der Waals surface area contributed by atoms with Crippen LogP contribution < -0.4 is 4.90 Å². The second-order valence-corrected chi connectivity index (χ2v) is 3.06. The molecule has 0 saturated carbocycles. The van der Waals surface area contributed by atoms with Crippen LogP contribution in [0.25, 0.3) is 0 Å². The molecule has 0 fully saturated rings. The second-order valence-electron chi connectivity index (χ2n) is 3.06. The molecule has 0 radical (unpaired) electrons. The number of rotatable bonds is 2. The zero-order valence-electron chi connectivity index (χ0n) is 7.83. The molecule has 1 aromatic carbocycles. The van der Waals surface area contributed by atoms with Gasteiger partial charge in [0.2, 0.25) is 0 Å². The van der Waals surface area contributed by atoms with E-state index in [0.717, 1.165) is 5.69 Å². The number of hydrogen-bond acceptors (Lipinski definition) is 2. The molecule has 0 heterocycles. The van der Waals surface area contributed by atoms with Crippen molar-refractivity contribution in [2.75, 3.05) is 18.7 Å². The van der Waals surface area contributed by atoms with Crippen LogP contribution in [0.3, 0.4) is 0 Å². The normalized spacial score (nSPS) is 10.0. The molecule has 1 rings (SSSR count). The van der Waals surface area contributed by atoms with E-state index in [1.165, 1.54) is 11.1 Å². The second kappa shape index (κ2) is 3.59. The Balaban J connectivity index is 3.07. The van der Waals surface area contributed by atoms with Crippen molar-refractivity contribution in [3.63, 3.8) is 0 Å². The molecule has 0 spiro atoms. The van der Waals surface area contributed by atoms with Gasteiger partial charge in [0.05, 0.1) is 0 Å². The zero-order valence-corrected chi connectivity index (χ0v) is 7.83. The zero-order chi connectivity index (χ0) is 9.14. The minimum Gasteiger partial charge on any atom is -0.376 e. The minimum absolute atomic E-state index is 0.0598. The molecule has 66 valence electrons. The molecule has 0 aliphatic carbocycles. The minimum atomic E-state index is 0.0598. The summed E-state index contributed by atoms with van der Waals surface area (Å²) in [5, 5.41) is 8.93. The lowest BCUT2D eigenvalue weighted by molar-refractivity contribution is 0.298. The molecule has 0 amide bonds. The SMILES string of the molecule is Cc1cccc(N(C)CO)c1C. The summed E-state index contributed by atoms with van der Waals surface area (Å²) in [4.78, 5) is 1.82. The Kier molecular flexibility index (Phi) is 2.71. The van der Waals surface area contributed by atoms with Crippen LogP contribution in [0.1, 0.15) is 11.1 Å². The molecule has 12 heavy (non-hydrogen) atoms. The summed E-state index contributed by atoms with van der Waals surface area (Å²) in [6.07, 6.45) is 0. The van der Waals surface area contributed by atoms with Gasteiger partial charge < -0.3 is 10.0 Å². The maximum absolute atomic E-state index is 8.93. The number of hydrogen-bond donors (Lipinski definition) is 1. The summed E-state index contributed by atoms with van der Waals surface area (Å²) in [6.45, 7) is 4.20. The molecular formula is C10H15NO. The largest absolute Gasteiger partial charge is 0.376 e. The topological polar surface area (TPSA) is 23.5 Å². The van der Waals surface area contributed by atoms with E-state index in [1.807, 2.05) is 24.1 Å². The van der Waals surface area contributed by atoms with Crippen LogP contribution in [0.5, 0.6) is 0 Å². The molecule has 0 saturated heterocycles. The lowest BCUT2D eigenvalue weighted by Gasteiger charge is -2.19. The molecule has 1 N–H and O–H groups in total. The highest BCUT2D eigenvalue weighted by Crippen LogP contribution is 2.20. The van der Waals surface area contributed by atoms with Crippen LogP contribution in [0.2, 0.25) is 0 Å². The average molecular weight is 165 g/mol. The maximum atomic E-state index is 8.93. The van der Waals surface area contributed by atoms with Crippen molar-refractivity contribution >= 4 is 5.69 Å². The standard InChI is InChI=1S/C10H15NO/c1-8-5-4-6-10(9(8)2)11(3)7-12/h4-6,12H,7H2,1-3H3. The van der Waals surface area contributed by atoms with Crippen LogP contribution in [0, 0.1) is 13.8 Å². The van der Waals surface area contributed by atoms with Crippen LogP contribution in [-0.4, -0.2) is 18.9 Å². The van der Waals surface area contributed by atoms with E-state index in [0.29, 0.717) is 0 Å². The summed E-state index contributed by atoms with van der Waals surface area (Å²) >= 11 is 0. The van der Waals surface area contributed by atoms with Crippen LogP contribution in [0.4, 0.5) is 5.69 Å². The third kappa shape index (κ3) is 1.59. The first-order chi connectivity index (χ1) is 5.66. The maximum Gasteiger partial charge on any atom is 0.115 e. The van der Waals surface area contributed by atoms with Gasteiger partial charge in [0.1, 0.15) is 6.73 Å². The van der Waals surface area contributed by atoms with Gasteiger partial charge in [0.25, 0.3) is 0 Å². The molecule has 0 aromatic heterocycles. The van der Waals surface area contributed by atoms with E-state index in [-0.39, 0.29) is 6.73 Å². The number of aryl methyl sites for hydroxylation is 1. The summed E-state index contributed by atoms with van der Waals surface area (Å²) in [6, 6.07) is 6.09. The van der Waals surface area contributed by atoms with Crippen molar-refractivity contribution in [2.45, 2.75) is 13.8 Å². The van der Waals surface area contributed by atoms with E-state index >= 15 is 0 Å². The molecule has 0 atom stereocenters. The van der Waals surface area contributed by atoms with Crippen molar-refractivity contribution in [2.24, 2.45) is 0 Å². The van der Waals surface area contributed by atoms with Gasteiger partial charge in [0.15, 0.2) is 0 Å². The average Bonchev–Trinajstić information content (AvgIpc) is 2.08. The van der Waals surface area contributed by atoms with Gasteiger partial charge in [-0.2, -0.15) is 0 Å². The Morgan fingerprint density at radius 2 is 2.00 bits per heavy atom. The highest BCUT2D eigenvalue weighted by molar-refractivity contribution is 5.54. The number of benzene rings is 1. The van der Waals surface area contributed by atoms with Crippen LogP contribution in [-0.2, 0) is 0 Å². The molecule has 2 nitrogen and oxygen atoms in total. The van der Waals surface area contributed by atoms with Crippen molar-refractivity contribution < 1.29 is 5.11 Å². The third-order valence-electron chi connectivity index (χ3n) is 2.20. The summed E-state index contributed by atoms with van der Waals surface area (Å²) in [7, 11) is 1.88. The van der Waals surface area contributed by atoms with Gasteiger partial charge in [-0.15, -0.1) is 0 Å². The number of aliphatic hydroxyl groups is 1. The van der Waals surface area contributed by atoms with Crippen molar-refractivity contribution in [3.8, 4) is 0 Å². The van der Waals surface area contributed by atoms with E-state index in [4.69, 9.17) is 5.11 Å². The van der Waals surface area contributed by atoms with Crippen molar-refractivity contribution in [1.29, 1.82) is 0 Å². The highest BCUT2D eigenvalue weighted by Gasteiger charge is 2.03. The lowest BCUT2D eigenvalue weighted by Crippen LogP contribution is -2.18. The van der Waals surface area contributed by atoms with E-state index < -0.39 is 0 Å². The Morgan fingerprint density at radius 1 is 1.33 bits per heavy atom.